The molecule has 0 aliphatic carbocycles. The summed E-state index contributed by atoms with van der Waals surface area (Å²) in [5.74, 6) is 1.17. The van der Waals surface area contributed by atoms with Crippen molar-refractivity contribution < 1.29 is 4.52 Å². The molecule has 0 amide bonds. The van der Waals surface area contributed by atoms with Crippen LogP contribution in [-0.2, 0) is 6.54 Å². The zero-order chi connectivity index (χ0) is 10.7. The minimum atomic E-state index is 0.448. The fourth-order valence-electron chi connectivity index (χ4n) is 1.11. The molecule has 15 heavy (non-hydrogen) atoms. The van der Waals surface area contributed by atoms with E-state index in [1.807, 2.05) is 6.07 Å². The summed E-state index contributed by atoms with van der Waals surface area (Å²) in [4.78, 5) is 7.93. The quantitative estimate of drug-likeness (QED) is 0.809. The van der Waals surface area contributed by atoms with Crippen LogP contribution in [0.25, 0.3) is 0 Å². The lowest BCUT2D eigenvalue weighted by Crippen LogP contribution is -2.01. The lowest BCUT2D eigenvalue weighted by Gasteiger charge is -2.02. The predicted octanol–water partition coefficient (Wildman–Crippen LogP) is 2.04. The summed E-state index contributed by atoms with van der Waals surface area (Å²) in [5, 5.41) is 7.31. The molecule has 78 valence electrons. The first-order chi connectivity index (χ1) is 7.24. The molecule has 2 rings (SSSR count). The summed E-state index contributed by atoms with van der Waals surface area (Å²) in [6.07, 6.45) is 1.63. The van der Waals surface area contributed by atoms with Gasteiger partial charge in [0.1, 0.15) is 5.15 Å². The minimum Gasteiger partial charge on any atom is -0.377 e. The second kappa shape index (κ2) is 4.27. The maximum Gasteiger partial charge on any atom is 0.223 e. The molecule has 0 saturated heterocycles. The van der Waals surface area contributed by atoms with Gasteiger partial charge in [0.25, 0.3) is 0 Å². The van der Waals surface area contributed by atoms with Crippen molar-refractivity contribution in [1.29, 1.82) is 0 Å². The first kappa shape index (κ1) is 9.92. The highest BCUT2D eigenvalue weighted by atomic mass is 35.5. The van der Waals surface area contributed by atoms with Crippen LogP contribution < -0.4 is 5.32 Å². The van der Waals surface area contributed by atoms with Gasteiger partial charge in [-0.15, -0.1) is 0 Å². The number of aromatic nitrogens is 3. The molecule has 2 heterocycles. The van der Waals surface area contributed by atoms with E-state index in [1.54, 1.807) is 19.2 Å². The van der Waals surface area contributed by atoms with E-state index in [9.17, 15) is 0 Å². The van der Waals surface area contributed by atoms with Gasteiger partial charge < -0.3 is 9.84 Å². The number of nitrogens with zero attached hydrogens (tertiary/aromatic N) is 3. The molecule has 0 radical (unpaired) electrons. The predicted molar refractivity (Wildman–Crippen MR) is 55.6 cm³/mol. The normalized spacial score (nSPS) is 10.3. The largest absolute Gasteiger partial charge is 0.377 e. The van der Waals surface area contributed by atoms with Gasteiger partial charge in [0.15, 0.2) is 5.82 Å². The monoisotopic (exact) mass is 224 g/mol. The molecule has 0 atom stereocenters. The summed E-state index contributed by atoms with van der Waals surface area (Å²) < 4.78 is 4.84. The van der Waals surface area contributed by atoms with E-state index in [0.29, 0.717) is 23.4 Å². The summed E-state index contributed by atoms with van der Waals surface area (Å²) in [6, 6.07) is 3.55. The van der Waals surface area contributed by atoms with Crippen LogP contribution in [0.1, 0.15) is 11.7 Å². The third-order valence-corrected chi connectivity index (χ3v) is 1.95. The van der Waals surface area contributed by atoms with E-state index in [-0.39, 0.29) is 0 Å². The Hall–Kier alpha value is -1.62. The molecule has 1 N–H and O–H groups in total. The molecule has 0 aliphatic rings. The second-order valence-corrected chi connectivity index (χ2v) is 3.34. The van der Waals surface area contributed by atoms with Crippen LogP contribution in [0.15, 0.2) is 22.9 Å². The third kappa shape index (κ3) is 2.66. The number of anilines is 1. The number of rotatable bonds is 3. The van der Waals surface area contributed by atoms with E-state index < -0.39 is 0 Å². The van der Waals surface area contributed by atoms with Gasteiger partial charge in [0.05, 0.1) is 6.54 Å². The number of hydrogen-bond acceptors (Lipinski definition) is 5. The Labute approximate surface area is 91.5 Å². The van der Waals surface area contributed by atoms with Crippen molar-refractivity contribution in [3.63, 3.8) is 0 Å². The molecule has 2 aromatic rings. The van der Waals surface area contributed by atoms with Crippen LogP contribution in [0.4, 0.5) is 5.69 Å². The van der Waals surface area contributed by atoms with Gasteiger partial charge in [-0.3, -0.25) is 0 Å². The van der Waals surface area contributed by atoms with Gasteiger partial charge in [-0.2, -0.15) is 4.98 Å². The molecule has 0 aromatic carbocycles. The standard InChI is InChI=1S/C9H9ClN4O/c1-6-13-9(14-15-6)5-12-7-2-3-11-8(10)4-7/h2-4H,5H2,1H3,(H,11,12). The first-order valence-electron chi connectivity index (χ1n) is 4.38. The molecule has 6 heteroatoms. The maximum absolute atomic E-state index is 5.73. The average molecular weight is 225 g/mol. The topological polar surface area (TPSA) is 63.8 Å². The summed E-state index contributed by atoms with van der Waals surface area (Å²) in [5.41, 5.74) is 0.873. The van der Waals surface area contributed by atoms with Crippen molar-refractivity contribution in [3.8, 4) is 0 Å². The van der Waals surface area contributed by atoms with Crippen LogP contribution >= 0.6 is 11.6 Å². The van der Waals surface area contributed by atoms with Crippen molar-refractivity contribution in [1.82, 2.24) is 15.1 Å². The molecular weight excluding hydrogens is 216 g/mol. The highest BCUT2D eigenvalue weighted by Crippen LogP contribution is 2.12. The molecule has 0 spiro atoms. The van der Waals surface area contributed by atoms with Crippen molar-refractivity contribution in [2.24, 2.45) is 0 Å². The molecular formula is C9H9ClN4O. The number of nitrogens with one attached hydrogen (secondary N) is 1. The molecule has 0 fully saturated rings. The highest BCUT2D eigenvalue weighted by molar-refractivity contribution is 6.29. The van der Waals surface area contributed by atoms with Crippen molar-refractivity contribution in [3.05, 3.63) is 35.2 Å². The van der Waals surface area contributed by atoms with Gasteiger partial charge in [0, 0.05) is 18.8 Å². The van der Waals surface area contributed by atoms with Gasteiger partial charge >= 0.3 is 0 Å². The summed E-state index contributed by atoms with van der Waals surface area (Å²) in [6.45, 7) is 2.25. The van der Waals surface area contributed by atoms with E-state index in [2.05, 4.69) is 20.4 Å². The lowest BCUT2D eigenvalue weighted by molar-refractivity contribution is 0.388. The fourth-order valence-corrected chi connectivity index (χ4v) is 1.28. The molecule has 0 unspecified atom stereocenters. The maximum atomic E-state index is 5.73. The van der Waals surface area contributed by atoms with Crippen molar-refractivity contribution in [2.45, 2.75) is 13.5 Å². The Morgan fingerprint density at radius 2 is 2.40 bits per heavy atom. The Bertz CT molecular complexity index is 457. The van der Waals surface area contributed by atoms with Crippen LogP contribution in [0, 0.1) is 6.92 Å². The first-order valence-corrected chi connectivity index (χ1v) is 4.76. The van der Waals surface area contributed by atoms with Crippen molar-refractivity contribution in [2.75, 3.05) is 5.32 Å². The van der Waals surface area contributed by atoms with E-state index in [0.717, 1.165) is 5.69 Å². The average Bonchev–Trinajstić information content (AvgIpc) is 2.62. The smallest absolute Gasteiger partial charge is 0.223 e. The Balaban J connectivity index is 1.99. The summed E-state index contributed by atoms with van der Waals surface area (Å²) >= 11 is 5.73. The summed E-state index contributed by atoms with van der Waals surface area (Å²) in [7, 11) is 0. The van der Waals surface area contributed by atoms with Gasteiger partial charge in [-0.05, 0) is 12.1 Å². The fraction of sp³-hybridized carbons (Fsp3) is 0.222. The van der Waals surface area contributed by atoms with Crippen LogP contribution in [0.2, 0.25) is 5.15 Å². The lowest BCUT2D eigenvalue weighted by atomic mass is 10.4. The number of halogens is 1. The zero-order valence-corrected chi connectivity index (χ0v) is 8.82. The van der Waals surface area contributed by atoms with E-state index >= 15 is 0 Å². The van der Waals surface area contributed by atoms with Crippen LogP contribution in [0.3, 0.4) is 0 Å². The second-order valence-electron chi connectivity index (χ2n) is 2.95. The van der Waals surface area contributed by atoms with Crippen LogP contribution in [-0.4, -0.2) is 15.1 Å². The zero-order valence-electron chi connectivity index (χ0n) is 8.07. The van der Waals surface area contributed by atoms with Crippen molar-refractivity contribution >= 4 is 17.3 Å². The molecule has 0 bridgehead atoms. The Kier molecular flexibility index (Phi) is 2.82. The third-order valence-electron chi connectivity index (χ3n) is 1.75. The number of pyridine rings is 1. The minimum absolute atomic E-state index is 0.448. The van der Waals surface area contributed by atoms with Gasteiger partial charge in [-0.1, -0.05) is 16.8 Å². The van der Waals surface area contributed by atoms with Gasteiger partial charge in [-0.25, -0.2) is 4.98 Å². The molecule has 0 saturated carbocycles. The SMILES string of the molecule is Cc1nc(CNc2ccnc(Cl)c2)no1. The molecule has 2 aromatic heterocycles. The van der Waals surface area contributed by atoms with Gasteiger partial charge in [0.2, 0.25) is 5.89 Å². The highest BCUT2D eigenvalue weighted by Gasteiger charge is 2.01. The molecule has 5 nitrogen and oxygen atoms in total. The molecule has 0 aliphatic heterocycles. The Morgan fingerprint density at radius 3 is 3.07 bits per heavy atom. The Morgan fingerprint density at radius 1 is 1.53 bits per heavy atom. The number of aryl methyl sites for hydroxylation is 1. The van der Waals surface area contributed by atoms with Crippen LogP contribution in [0.5, 0.6) is 0 Å². The van der Waals surface area contributed by atoms with E-state index in [1.165, 1.54) is 0 Å². The number of hydrogen-bond donors (Lipinski definition) is 1. The van der Waals surface area contributed by atoms with E-state index in [4.69, 9.17) is 16.1 Å².